The fourth-order valence-electron chi connectivity index (χ4n) is 1.000. The lowest BCUT2D eigenvalue weighted by molar-refractivity contribution is -0.114. The van der Waals surface area contributed by atoms with Gasteiger partial charge in [-0.2, -0.15) is 0 Å². The normalized spacial score (nSPS) is 30.6. The molecule has 0 aromatic heterocycles. The average Bonchev–Trinajstić information content (AvgIpc) is 2.39. The highest BCUT2D eigenvalue weighted by molar-refractivity contribution is 7.09. The SMILES string of the molecule is O=CCC1(COP)COCO1. The van der Waals surface area contributed by atoms with Gasteiger partial charge in [0.2, 0.25) is 0 Å². The summed E-state index contributed by atoms with van der Waals surface area (Å²) in [5, 5.41) is 0. The first-order valence-electron chi connectivity index (χ1n) is 3.30. The Morgan fingerprint density at radius 1 is 1.73 bits per heavy atom. The molecule has 0 saturated carbocycles. The Bertz CT molecular complexity index is 133. The summed E-state index contributed by atoms with van der Waals surface area (Å²) in [6.45, 7) is 1.05. The minimum atomic E-state index is -0.538. The van der Waals surface area contributed by atoms with Crippen molar-refractivity contribution in [2.45, 2.75) is 12.0 Å². The molecule has 2 unspecified atom stereocenters. The van der Waals surface area contributed by atoms with Crippen LogP contribution in [0.3, 0.4) is 0 Å². The zero-order valence-corrected chi connectivity index (χ0v) is 7.27. The molecule has 1 fully saturated rings. The van der Waals surface area contributed by atoms with Gasteiger partial charge in [0.15, 0.2) is 0 Å². The first-order chi connectivity index (χ1) is 5.33. The Morgan fingerprint density at radius 2 is 2.55 bits per heavy atom. The molecule has 0 aliphatic carbocycles. The van der Waals surface area contributed by atoms with Gasteiger partial charge in [-0.25, -0.2) is 0 Å². The first-order valence-corrected chi connectivity index (χ1v) is 3.77. The van der Waals surface area contributed by atoms with Crippen LogP contribution in [0.1, 0.15) is 6.42 Å². The zero-order chi connectivity index (χ0) is 8.16. The molecule has 0 aromatic rings. The van der Waals surface area contributed by atoms with Crippen LogP contribution >= 0.6 is 9.47 Å². The second-order valence-electron chi connectivity index (χ2n) is 2.48. The Hall–Kier alpha value is -0.0200. The van der Waals surface area contributed by atoms with Crippen molar-refractivity contribution in [3.63, 3.8) is 0 Å². The van der Waals surface area contributed by atoms with Crippen LogP contribution in [0, 0.1) is 0 Å². The molecule has 0 N–H and O–H groups in total. The van der Waals surface area contributed by atoms with Crippen molar-refractivity contribution in [1.29, 1.82) is 0 Å². The minimum Gasteiger partial charge on any atom is -0.363 e. The maximum Gasteiger partial charge on any atom is 0.147 e. The molecule has 2 atom stereocenters. The monoisotopic (exact) mass is 178 g/mol. The van der Waals surface area contributed by atoms with Crippen LogP contribution in [0.15, 0.2) is 0 Å². The van der Waals surface area contributed by atoms with Crippen LogP contribution in [0.25, 0.3) is 0 Å². The molecule has 1 aliphatic heterocycles. The summed E-state index contributed by atoms with van der Waals surface area (Å²) in [4.78, 5) is 10.2. The molecule has 64 valence electrons. The summed E-state index contributed by atoms with van der Waals surface area (Å²) in [6, 6.07) is 0. The molecule has 0 aromatic carbocycles. The third-order valence-electron chi connectivity index (χ3n) is 1.62. The van der Waals surface area contributed by atoms with Crippen molar-refractivity contribution < 1.29 is 18.8 Å². The predicted octanol–water partition coefficient (Wildman–Crippen LogP) is 0.125. The smallest absolute Gasteiger partial charge is 0.147 e. The average molecular weight is 178 g/mol. The number of hydrogen-bond donors (Lipinski definition) is 0. The van der Waals surface area contributed by atoms with Crippen LogP contribution in [-0.2, 0) is 18.8 Å². The summed E-state index contributed by atoms with van der Waals surface area (Å²) in [5.41, 5.74) is -0.538. The third kappa shape index (κ3) is 2.20. The van der Waals surface area contributed by atoms with Crippen molar-refractivity contribution in [1.82, 2.24) is 0 Å². The largest absolute Gasteiger partial charge is 0.363 e. The van der Waals surface area contributed by atoms with Gasteiger partial charge in [-0.3, -0.25) is 0 Å². The van der Waals surface area contributed by atoms with Gasteiger partial charge in [0.05, 0.1) is 13.2 Å². The van der Waals surface area contributed by atoms with E-state index in [9.17, 15) is 4.79 Å². The van der Waals surface area contributed by atoms with Gasteiger partial charge in [-0.1, -0.05) is 0 Å². The van der Waals surface area contributed by atoms with Crippen LogP contribution in [0.5, 0.6) is 0 Å². The van der Waals surface area contributed by atoms with Crippen molar-refractivity contribution in [2.75, 3.05) is 20.0 Å². The maximum absolute atomic E-state index is 10.2. The summed E-state index contributed by atoms with van der Waals surface area (Å²) in [7, 11) is 2.13. The molecule has 1 aliphatic rings. The number of carbonyl (C=O) groups excluding carboxylic acids is 1. The Balaban J connectivity index is 2.46. The van der Waals surface area contributed by atoms with Gasteiger partial charge in [-0.05, 0) is 0 Å². The van der Waals surface area contributed by atoms with Crippen LogP contribution in [0.4, 0.5) is 0 Å². The summed E-state index contributed by atoms with van der Waals surface area (Å²) in [5.74, 6) is 0. The number of hydrogen-bond acceptors (Lipinski definition) is 4. The molecule has 1 rings (SSSR count). The highest BCUT2D eigenvalue weighted by atomic mass is 31.0. The van der Waals surface area contributed by atoms with Crippen LogP contribution < -0.4 is 0 Å². The Labute approximate surface area is 67.5 Å². The van der Waals surface area contributed by atoms with Gasteiger partial charge >= 0.3 is 0 Å². The van der Waals surface area contributed by atoms with Gasteiger partial charge in [-0.15, -0.1) is 0 Å². The standard InChI is InChI=1S/C6H11O4P/c7-2-1-6(4-10-11)3-8-5-9-6/h2H,1,3-5,11H2. The van der Waals surface area contributed by atoms with Gasteiger partial charge < -0.3 is 18.8 Å². The molecule has 0 amide bonds. The Morgan fingerprint density at radius 3 is 3.00 bits per heavy atom. The first kappa shape index (κ1) is 9.07. The molecule has 5 heteroatoms. The number of aldehydes is 1. The molecule has 11 heavy (non-hydrogen) atoms. The number of carbonyl (C=O) groups is 1. The molecule has 0 spiro atoms. The third-order valence-corrected chi connectivity index (χ3v) is 1.78. The topological polar surface area (TPSA) is 44.8 Å². The van der Waals surface area contributed by atoms with Gasteiger partial charge in [0, 0.05) is 15.9 Å². The van der Waals surface area contributed by atoms with E-state index in [0.29, 0.717) is 19.6 Å². The van der Waals surface area contributed by atoms with E-state index < -0.39 is 5.60 Å². The van der Waals surface area contributed by atoms with Crippen molar-refractivity contribution in [3.05, 3.63) is 0 Å². The molecule has 0 radical (unpaired) electrons. The molecular formula is C6H11O4P. The van der Waals surface area contributed by atoms with Gasteiger partial charge in [0.25, 0.3) is 0 Å². The van der Waals surface area contributed by atoms with E-state index in [4.69, 9.17) is 14.0 Å². The van der Waals surface area contributed by atoms with Crippen LogP contribution in [-0.4, -0.2) is 31.9 Å². The lowest BCUT2D eigenvalue weighted by Gasteiger charge is -2.22. The highest BCUT2D eigenvalue weighted by Crippen LogP contribution is 2.22. The van der Waals surface area contributed by atoms with E-state index >= 15 is 0 Å². The second-order valence-corrected chi connectivity index (χ2v) is 2.81. The molecule has 1 heterocycles. The van der Waals surface area contributed by atoms with E-state index in [0.717, 1.165) is 6.29 Å². The molecule has 0 bridgehead atoms. The molecule has 1 saturated heterocycles. The van der Waals surface area contributed by atoms with E-state index in [1.807, 2.05) is 0 Å². The quantitative estimate of drug-likeness (QED) is 0.453. The van der Waals surface area contributed by atoms with E-state index in [1.165, 1.54) is 0 Å². The fraction of sp³-hybridized carbons (Fsp3) is 0.833. The second kappa shape index (κ2) is 4.12. The summed E-state index contributed by atoms with van der Waals surface area (Å²) < 4.78 is 15.1. The van der Waals surface area contributed by atoms with E-state index in [1.54, 1.807) is 0 Å². The lowest BCUT2D eigenvalue weighted by atomic mass is 10.0. The van der Waals surface area contributed by atoms with Crippen molar-refractivity contribution >= 4 is 15.8 Å². The Kier molecular flexibility index (Phi) is 3.40. The summed E-state index contributed by atoms with van der Waals surface area (Å²) in [6.07, 6.45) is 1.14. The van der Waals surface area contributed by atoms with Crippen molar-refractivity contribution in [3.8, 4) is 0 Å². The van der Waals surface area contributed by atoms with Crippen molar-refractivity contribution in [2.24, 2.45) is 0 Å². The maximum atomic E-state index is 10.2. The highest BCUT2D eigenvalue weighted by Gasteiger charge is 2.35. The van der Waals surface area contributed by atoms with E-state index in [-0.39, 0.29) is 6.79 Å². The molecule has 4 nitrogen and oxygen atoms in total. The predicted molar refractivity (Wildman–Crippen MR) is 41.0 cm³/mol. The zero-order valence-electron chi connectivity index (χ0n) is 6.12. The summed E-state index contributed by atoms with van der Waals surface area (Å²) >= 11 is 0. The van der Waals surface area contributed by atoms with Crippen LogP contribution in [0.2, 0.25) is 0 Å². The number of ether oxygens (including phenoxy) is 2. The fourth-order valence-corrected chi connectivity index (χ4v) is 1.30. The van der Waals surface area contributed by atoms with Gasteiger partial charge in [0.1, 0.15) is 18.7 Å². The van der Waals surface area contributed by atoms with E-state index in [2.05, 4.69) is 9.47 Å². The number of rotatable bonds is 4. The lowest BCUT2D eigenvalue weighted by Crippen LogP contribution is -2.36. The molecular weight excluding hydrogens is 167 g/mol. The minimum absolute atomic E-state index is 0.252.